The number of aromatic nitrogens is 1. The molecular formula is C32H55N5O4. The zero-order valence-corrected chi connectivity index (χ0v) is 26.7. The molecule has 1 aromatic carbocycles. The monoisotopic (exact) mass is 573 g/mol. The quantitative estimate of drug-likeness (QED) is 0.246. The van der Waals surface area contributed by atoms with E-state index in [2.05, 4.69) is 60.9 Å². The highest BCUT2D eigenvalue weighted by molar-refractivity contribution is 5.95. The standard InChI is InChI=1S/C24H33N5O4.C4H10.2C2H6/c1-17(2)13-25-14-21(30)20(12-18-8-4-3-5-9-18)29-23(32)16-27-22(31)15-28-24(33)19-10-6-7-11-26-19;1-4(2)3;2*1-2/h3-11,17,20-21,25,30H,12-16H2,1-2H3,(H,27,31)(H,28,33)(H,29,32);4H,1-3H3;2*1-2H3. The van der Waals surface area contributed by atoms with Crippen LogP contribution in [0.5, 0.6) is 0 Å². The van der Waals surface area contributed by atoms with E-state index in [0.717, 1.165) is 18.0 Å². The molecule has 0 bridgehead atoms. The van der Waals surface area contributed by atoms with E-state index < -0.39 is 29.9 Å². The van der Waals surface area contributed by atoms with E-state index in [0.29, 0.717) is 18.9 Å². The van der Waals surface area contributed by atoms with E-state index in [4.69, 9.17) is 0 Å². The maximum absolute atomic E-state index is 12.4. The summed E-state index contributed by atoms with van der Waals surface area (Å²) in [5.41, 5.74) is 1.18. The number of amides is 3. The number of nitrogens with one attached hydrogen (secondary N) is 4. The number of nitrogens with zero attached hydrogens (tertiary/aromatic N) is 1. The fourth-order valence-corrected chi connectivity index (χ4v) is 3.06. The first-order valence-electron chi connectivity index (χ1n) is 14.8. The average molecular weight is 574 g/mol. The predicted octanol–water partition coefficient (Wildman–Crippen LogP) is 3.98. The largest absolute Gasteiger partial charge is 0.390 e. The number of hydrogen-bond acceptors (Lipinski definition) is 6. The van der Waals surface area contributed by atoms with Crippen molar-refractivity contribution in [3.8, 4) is 0 Å². The molecule has 232 valence electrons. The Balaban J connectivity index is 0. The van der Waals surface area contributed by atoms with Crippen molar-refractivity contribution in [2.75, 3.05) is 26.2 Å². The Morgan fingerprint density at radius 1 is 0.780 bits per heavy atom. The van der Waals surface area contributed by atoms with Crippen molar-refractivity contribution in [2.24, 2.45) is 11.8 Å². The predicted molar refractivity (Wildman–Crippen MR) is 169 cm³/mol. The Morgan fingerprint density at radius 2 is 1.34 bits per heavy atom. The van der Waals surface area contributed by atoms with Gasteiger partial charge in [-0.1, -0.05) is 98.7 Å². The van der Waals surface area contributed by atoms with Gasteiger partial charge in [0.25, 0.3) is 5.91 Å². The summed E-state index contributed by atoms with van der Waals surface area (Å²) in [6.45, 7) is 19.2. The minimum atomic E-state index is -0.804. The third-order valence-corrected chi connectivity index (χ3v) is 4.77. The van der Waals surface area contributed by atoms with Gasteiger partial charge in [0.1, 0.15) is 5.69 Å². The van der Waals surface area contributed by atoms with Crippen LogP contribution in [-0.4, -0.2) is 66.1 Å². The molecule has 0 spiro atoms. The van der Waals surface area contributed by atoms with Crippen LogP contribution in [-0.2, 0) is 16.0 Å². The molecule has 2 atom stereocenters. The number of carbonyl (C=O) groups excluding carboxylic acids is 3. The molecule has 41 heavy (non-hydrogen) atoms. The Labute approximate surface area is 248 Å². The van der Waals surface area contributed by atoms with Crippen LogP contribution in [0.25, 0.3) is 0 Å². The first-order chi connectivity index (χ1) is 19.6. The topological polar surface area (TPSA) is 132 Å². The molecule has 1 aromatic heterocycles. The van der Waals surface area contributed by atoms with Crippen LogP contribution < -0.4 is 21.3 Å². The van der Waals surface area contributed by atoms with Crippen molar-refractivity contribution >= 4 is 17.7 Å². The number of hydrogen-bond donors (Lipinski definition) is 5. The average Bonchev–Trinajstić information content (AvgIpc) is 2.97. The van der Waals surface area contributed by atoms with Gasteiger partial charge >= 0.3 is 0 Å². The fourth-order valence-electron chi connectivity index (χ4n) is 3.06. The molecule has 0 fully saturated rings. The highest BCUT2D eigenvalue weighted by Crippen LogP contribution is 2.06. The molecule has 2 unspecified atom stereocenters. The number of benzene rings is 1. The highest BCUT2D eigenvalue weighted by atomic mass is 16.3. The Kier molecular flexibility index (Phi) is 24.9. The van der Waals surface area contributed by atoms with E-state index in [9.17, 15) is 19.5 Å². The normalized spacial score (nSPS) is 11.3. The van der Waals surface area contributed by atoms with Crippen molar-refractivity contribution in [3.63, 3.8) is 0 Å². The molecular weight excluding hydrogens is 518 g/mol. The first kappa shape index (κ1) is 39.8. The second-order valence-electron chi connectivity index (χ2n) is 9.89. The maximum Gasteiger partial charge on any atom is 0.270 e. The summed E-state index contributed by atoms with van der Waals surface area (Å²) < 4.78 is 0. The van der Waals surface area contributed by atoms with Gasteiger partial charge in [0.15, 0.2) is 0 Å². The molecule has 2 aromatic rings. The lowest BCUT2D eigenvalue weighted by molar-refractivity contribution is -0.126. The molecule has 2 rings (SSSR count). The van der Waals surface area contributed by atoms with Gasteiger partial charge in [0, 0.05) is 12.7 Å². The second kappa shape index (κ2) is 25.7. The molecule has 0 saturated carbocycles. The number of aliphatic hydroxyl groups excluding tert-OH is 1. The molecule has 0 aliphatic heterocycles. The molecule has 0 aliphatic rings. The summed E-state index contributed by atoms with van der Waals surface area (Å²) in [5.74, 6) is -0.140. The van der Waals surface area contributed by atoms with Gasteiger partial charge in [0.05, 0.1) is 25.2 Å². The van der Waals surface area contributed by atoms with Gasteiger partial charge in [0.2, 0.25) is 11.8 Å². The Bertz CT molecular complexity index is 921. The number of rotatable bonds is 13. The van der Waals surface area contributed by atoms with Crippen molar-refractivity contribution < 1.29 is 19.5 Å². The van der Waals surface area contributed by atoms with Crippen LogP contribution in [0.3, 0.4) is 0 Å². The van der Waals surface area contributed by atoms with Crippen LogP contribution in [0.1, 0.15) is 78.4 Å². The Morgan fingerprint density at radius 3 is 1.88 bits per heavy atom. The summed E-state index contributed by atoms with van der Waals surface area (Å²) in [6.07, 6.45) is 1.13. The smallest absolute Gasteiger partial charge is 0.270 e. The highest BCUT2D eigenvalue weighted by Gasteiger charge is 2.22. The third kappa shape index (κ3) is 22.1. The Hall–Kier alpha value is -3.30. The van der Waals surface area contributed by atoms with E-state index in [1.807, 2.05) is 58.0 Å². The third-order valence-electron chi connectivity index (χ3n) is 4.77. The van der Waals surface area contributed by atoms with Gasteiger partial charge in [-0.2, -0.15) is 0 Å². The molecule has 3 amide bonds. The maximum atomic E-state index is 12.4. The fraction of sp³-hybridized carbons (Fsp3) is 0.562. The first-order valence-corrected chi connectivity index (χ1v) is 14.8. The number of pyridine rings is 1. The van der Waals surface area contributed by atoms with Gasteiger partial charge in [-0.05, 0) is 42.5 Å². The number of carbonyl (C=O) groups is 3. The van der Waals surface area contributed by atoms with Crippen LogP contribution in [0.2, 0.25) is 0 Å². The molecule has 0 saturated heterocycles. The summed E-state index contributed by atoms with van der Waals surface area (Å²) in [4.78, 5) is 40.3. The summed E-state index contributed by atoms with van der Waals surface area (Å²) in [5, 5.41) is 21.6. The molecule has 9 heteroatoms. The molecule has 1 heterocycles. The van der Waals surface area contributed by atoms with Crippen LogP contribution in [0.15, 0.2) is 54.7 Å². The SMILES string of the molecule is CC.CC.CC(C)C.CC(C)CNCC(O)C(Cc1ccccc1)NC(=O)CNC(=O)CNC(=O)c1ccccn1. The molecule has 9 nitrogen and oxygen atoms in total. The number of aliphatic hydroxyl groups is 1. The lowest BCUT2D eigenvalue weighted by Crippen LogP contribution is -2.51. The van der Waals surface area contributed by atoms with Crippen molar-refractivity contribution in [1.29, 1.82) is 0 Å². The van der Waals surface area contributed by atoms with Gasteiger partial charge in [-0.25, -0.2) is 0 Å². The minimum Gasteiger partial charge on any atom is -0.390 e. The van der Waals surface area contributed by atoms with Gasteiger partial charge < -0.3 is 26.4 Å². The van der Waals surface area contributed by atoms with E-state index in [-0.39, 0.29) is 18.8 Å². The molecule has 0 radical (unpaired) electrons. The summed E-state index contributed by atoms with van der Waals surface area (Å²) in [6, 6.07) is 13.9. The van der Waals surface area contributed by atoms with Crippen LogP contribution in [0.4, 0.5) is 0 Å². The van der Waals surface area contributed by atoms with Crippen LogP contribution >= 0.6 is 0 Å². The van der Waals surface area contributed by atoms with E-state index in [1.165, 1.54) is 12.3 Å². The molecule has 5 N–H and O–H groups in total. The zero-order valence-electron chi connectivity index (χ0n) is 26.7. The summed E-state index contributed by atoms with van der Waals surface area (Å²) in [7, 11) is 0. The lowest BCUT2D eigenvalue weighted by Gasteiger charge is -2.25. The van der Waals surface area contributed by atoms with Gasteiger partial charge in [-0.3, -0.25) is 19.4 Å². The van der Waals surface area contributed by atoms with Crippen molar-refractivity contribution in [3.05, 3.63) is 66.0 Å². The molecule has 0 aliphatic carbocycles. The summed E-state index contributed by atoms with van der Waals surface area (Å²) >= 11 is 0. The van der Waals surface area contributed by atoms with Crippen molar-refractivity contribution in [2.45, 2.75) is 80.9 Å². The zero-order chi connectivity index (χ0) is 31.6. The lowest BCUT2D eigenvalue weighted by atomic mass is 10.0. The van der Waals surface area contributed by atoms with Crippen molar-refractivity contribution in [1.82, 2.24) is 26.3 Å². The van der Waals surface area contributed by atoms with E-state index in [1.54, 1.807) is 12.1 Å². The van der Waals surface area contributed by atoms with Crippen LogP contribution in [0, 0.1) is 11.8 Å². The van der Waals surface area contributed by atoms with E-state index >= 15 is 0 Å². The second-order valence-corrected chi connectivity index (χ2v) is 9.89. The minimum absolute atomic E-state index is 0.201. The van der Waals surface area contributed by atoms with Gasteiger partial charge in [-0.15, -0.1) is 0 Å².